The number of amides is 1. The van der Waals surface area contributed by atoms with Crippen molar-refractivity contribution >= 4 is 17.9 Å². The Morgan fingerprint density at radius 1 is 1.35 bits per heavy atom. The maximum atomic E-state index is 12.0. The highest BCUT2D eigenvalue weighted by Gasteiger charge is 2.29. The summed E-state index contributed by atoms with van der Waals surface area (Å²) in [6, 6.07) is 0. The minimum Gasteiger partial charge on any atom is -0.481 e. The van der Waals surface area contributed by atoms with Gasteiger partial charge in [-0.05, 0) is 39.5 Å². The first kappa shape index (κ1) is 17.3. The first-order valence-corrected chi connectivity index (χ1v) is 7.79. The zero-order valence-corrected chi connectivity index (χ0v) is 13.8. The zero-order valence-electron chi connectivity index (χ0n) is 13.8. The molecule has 9 heteroatoms. The van der Waals surface area contributed by atoms with Crippen LogP contribution in [0.2, 0.25) is 0 Å². The molecule has 0 aromatic heterocycles. The monoisotopic (exact) mass is 327 g/mol. The summed E-state index contributed by atoms with van der Waals surface area (Å²) in [5.74, 6) is -0.0915. The van der Waals surface area contributed by atoms with Gasteiger partial charge in [-0.3, -0.25) is 9.80 Å². The number of carbonyl (C=O) groups excluding carboxylic acids is 1. The molecule has 2 aliphatic rings. The first-order chi connectivity index (χ1) is 10.7. The average molecular weight is 327 g/mol. The van der Waals surface area contributed by atoms with Gasteiger partial charge >= 0.3 is 12.1 Å². The maximum Gasteiger partial charge on any atom is 0.410 e. The molecule has 0 saturated carbocycles. The van der Waals surface area contributed by atoms with Crippen LogP contribution in [0.15, 0.2) is 5.10 Å². The summed E-state index contributed by atoms with van der Waals surface area (Å²) in [7, 11) is 0. The van der Waals surface area contributed by atoms with Crippen LogP contribution in [0.25, 0.3) is 0 Å². The van der Waals surface area contributed by atoms with E-state index in [-0.39, 0.29) is 12.5 Å². The SMILES string of the molecule is CC(C)(C)OC(=O)N1CCC(CN2NNN=C2CC(=O)O)CC1. The lowest BCUT2D eigenvalue weighted by Crippen LogP contribution is -2.47. The number of amidine groups is 1. The van der Waals surface area contributed by atoms with Crippen molar-refractivity contribution < 1.29 is 19.4 Å². The summed E-state index contributed by atoms with van der Waals surface area (Å²) in [5.41, 5.74) is 4.94. The molecule has 0 bridgehead atoms. The fourth-order valence-electron chi connectivity index (χ4n) is 2.58. The number of hydrazone groups is 1. The van der Waals surface area contributed by atoms with Gasteiger partial charge < -0.3 is 14.7 Å². The third-order valence-electron chi connectivity index (χ3n) is 3.70. The highest BCUT2D eigenvalue weighted by Crippen LogP contribution is 2.21. The second-order valence-electron chi connectivity index (χ2n) is 6.84. The Balaban J connectivity index is 1.78. The van der Waals surface area contributed by atoms with Crippen LogP contribution in [0.1, 0.15) is 40.0 Å². The standard InChI is InChI=1S/C14H25N5O4/c1-14(2,3)23-13(22)18-6-4-10(5-7-18)9-19-11(8-12(20)21)15-16-17-19/h10,16-17H,4-9H2,1-3H3,(H,20,21). The van der Waals surface area contributed by atoms with Gasteiger partial charge in [0.2, 0.25) is 0 Å². The number of hydrogen-bond donors (Lipinski definition) is 3. The van der Waals surface area contributed by atoms with Crippen molar-refractivity contribution in [2.75, 3.05) is 19.6 Å². The molecule has 9 nitrogen and oxygen atoms in total. The van der Waals surface area contributed by atoms with Gasteiger partial charge in [-0.1, -0.05) is 0 Å². The summed E-state index contributed by atoms with van der Waals surface area (Å²) >= 11 is 0. The maximum absolute atomic E-state index is 12.0. The average Bonchev–Trinajstić information content (AvgIpc) is 2.84. The molecular formula is C14H25N5O4. The van der Waals surface area contributed by atoms with Gasteiger partial charge in [0.25, 0.3) is 0 Å². The van der Waals surface area contributed by atoms with Gasteiger partial charge in [-0.2, -0.15) is 0 Å². The van der Waals surface area contributed by atoms with Crippen LogP contribution in [0.3, 0.4) is 0 Å². The van der Waals surface area contributed by atoms with E-state index >= 15 is 0 Å². The van der Waals surface area contributed by atoms with E-state index in [2.05, 4.69) is 16.2 Å². The third kappa shape index (κ3) is 5.27. The number of ether oxygens (including phenoxy) is 1. The number of piperidine rings is 1. The smallest absolute Gasteiger partial charge is 0.410 e. The number of carbonyl (C=O) groups is 2. The molecular weight excluding hydrogens is 302 g/mol. The Bertz CT molecular complexity index is 480. The fourth-order valence-corrected chi connectivity index (χ4v) is 2.58. The second-order valence-corrected chi connectivity index (χ2v) is 6.84. The van der Waals surface area contributed by atoms with Crippen LogP contribution in [-0.4, -0.2) is 58.1 Å². The predicted octanol–water partition coefficient (Wildman–Crippen LogP) is 0.747. The van der Waals surface area contributed by atoms with Crippen LogP contribution in [0.5, 0.6) is 0 Å². The molecule has 1 fully saturated rings. The highest BCUT2D eigenvalue weighted by atomic mass is 16.6. The number of hydrazine groups is 2. The van der Waals surface area contributed by atoms with Crippen molar-refractivity contribution in [2.45, 2.75) is 45.6 Å². The van der Waals surface area contributed by atoms with E-state index < -0.39 is 11.6 Å². The third-order valence-corrected chi connectivity index (χ3v) is 3.70. The molecule has 2 heterocycles. The zero-order chi connectivity index (χ0) is 17.0. The topological polar surface area (TPSA) is 107 Å². The van der Waals surface area contributed by atoms with Crippen molar-refractivity contribution in [3.05, 3.63) is 0 Å². The Labute approximate surface area is 135 Å². The lowest BCUT2D eigenvalue weighted by Gasteiger charge is -2.34. The van der Waals surface area contributed by atoms with E-state index in [9.17, 15) is 9.59 Å². The van der Waals surface area contributed by atoms with E-state index in [0.717, 1.165) is 12.8 Å². The number of likely N-dealkylation sites (tertiary alicyclic amines) is 1. The molecule has 0 radical (unpaired) electrons. The lowest BCUT2D eigenvalue weighted by molar-refractivity contribution is -0.135. The minimum absolute atomic E-state index is 0.128. The summed E-state index contributed by atoms with van der Waals surface area (Å²) in [6.45, 7) is 7.51. The van der Waals surface area contributed by atoms with E-state index in [1.807, 2.05) is 20.8 Å². The predicted molar refractivity (Wildman–Crippen MR) is 83.2 cm³/mol. The summed E-state index contributed by atoms with van der Waals surface area (Å²) in [5, 5.41) is 14.5. The largest absolute Gasteiger partial charge is 0.481 e. The van der Waals surface area contributed by atoms with Crippen molar-refractivity contribution in [1.29, 1.82) is 0 Å². The van der Waals surface area contributed by atoms with E-state index in [4.69, 9.17) is 9.84 Å². The molecule has 1 amide bonds. The van der Waals surface area contributed by atoms with Crippen LogP contribution < -0.4 is 11.1 Å². The molecule has 2 rings (SSSR count). The molecule has 23 heavy (non-hydrogen) atoms. The van der Waals surface area contributed by atoms with Gasteiger partial charge in [0, 0.05) is 19.6 Å². The number of carboxylic acid groups (broad SMARTS) is 1. The molecule has 0 unspecified atom stereocenters. The number of nitrogens with zero attached hydrogens (tertiary/aromatic N) is 3. The Kier molecular flexibility index (Phi) is 5.30. The molecule has 2 aliphatic heterocycles. The molecule has 1 saturated heterocycles. The van der Waals surface area contributed by atoms with Crippen LogP contribution >= 0.6 is 0 Å². The Morgan fingerprint density at radius 3 is 2.57 bits per heavy atom. The number of nitrogens with one attached hydrogen (secondary N) is 2. The normalized spacial score (nSPS) is 19.3. The molecule has 0 aliphatic carbocycles. The van der Waals surface area contributed by atoms with Crippen LogP contribution in [0, 0.1) is 5.92 Å². The first-order valence-electron chi connectivity index (χ1n) is 7.79. The molecule has 0 aromatic carbocycles. The number of hydrogen-bond acceptors (Lipinski definition) is 7. The van der Waals surface area contributed by atoms with E-state index in [1.165, 1.54) is 0 Å². The van der Waals surface area contributed by atoms with Gasteiger partial charge in [-0.15, -0.1) is 10.6 Å². The van der Waals surface area contributed by atoms with Gasteiger partial charge in [0.05, 0.1) is 0 Å². The summed E-state index contributed by atoms with van der Waals surface area (Å²) in [4.78, 5) is 24.6. The molecule has 3 N–H and O–H groups in total. The Hall–Kier alpha value is -2.03. The highest BCUT2D eigenvalue weighted by molar-refractivity contribution is 5.97. The van der Waals surface area contributed by atoms with Gasteiger partial charge in [0.15, 0.2) is 5.84 Å². The van der Waals surface area contributed by atoms with Crippen molar-refractivity contribution in [1.82, 2.24) is 21.0 Å². The lowest BCUT2D eigenvalue weighted by atomic mass is 9.97. The van der Waals surface area contributed by atoms with E-state index in [0.29, 0.717) is 31.4 Å². The molecule has 130 valence electrons. The minimum atomic E-state index is -0.918. The van der Waals surface area contributed by atoms with Crippen molar-refractivity contribution in [3.8, 4) is 0 Å². The van der Waals surface area contributed by atoms with Crippen molar-refractivity contribution in [3.63, 3.8) is 0 Å². The number of rotatable bonds is 4. The van der Waals surface area contributed by atoms with Crippen molar-refractivity contribution in [2.24, 2.45) is 11.0 Å². The number of carboxylic acids is 1. The van der Waals surface area contributed by atoms with Crippen LogP contribution in [0.4, 0.5) is 4.79 Å². The summed E-state index contributed by atoms with van der Waals surface area (Å²) < 4.78 is 5.38. The van der Waals surface area contributed by atoms with Gasteiger partial charge in [-0.25, -0.2) is 10.3 Å². The number of aliphatic carboxylic acids is 1. The molecule has 0 spiro atoms. The van der Waals surface area contributed by atoms with Crippen LogP contribution in [-0.2, 0) is 9.53 Å². The van der Waals surface area contributed by atoms with Gasteiger partial charge in [0.1, 0.15) is 12.0 Å². The summed E-state index contributed by atoms with van der Waals surface area (Å²) in [6.07, 6.45) is 1.29. The fraction of sp³-hybridized carbons (Fsp3) is 0.786. The Morgan fingerprint density at radius 2 is 2.00 bits per heavy atom. The molecule has 0 aromatic rings. The molecule has 0 atom stereocenters. The van der Waals surface area contributed by atoms with E-state index in [1.54, 1.807) is 9.91 Å². The second kappa shape index (κ2) is 7.03. The quantitative estimate of drug-likeness (QED) is 0.699.